The first-order valence-electron chi connectivity index (χ1n) is 6.37. The Bertz CT molecular complexity index is 586. The number of hydrogen-bond donors (Lipinski definition) is 1. The number of hydrogen-bond acceptors (Lipinski definition) is 3. The Morgan fingerprint density at radius 1 is 1.35 bits per heavy atom. The monoisotopic (exact) mass is 300 g/mol. The molecule has 1 aromatic carbocycles. The fourth-order valence-corrected chi connectivity index (χ4v) is 3.13. The molecule has 20 heavy (non-hydrogen) atoms. The number of nitrogens with one attached hydrogen (secondary N) is 1. The number of likely N-dealkylation sites (tertiary alicyclic amines) is 1. The van der Waals surface area contributed by atoms with Crippen molar-refractivity contribution in [3.8, 4) is 0 Å². The van der Waals surface area contributed by atoms with Gasteiger partial charge in [-0.3, -0.25) is 4.79 Å². The van der Waals surface area contributed by atoms with Crippen molar-refractivity contribution in [2.24, 2.45) is 0 Å². The first kappa shape index (κ1) is 14.9. The van der Waals surface area contributed by atoms with Gasteiger partial charge in [0.15, 0.2) is 0 Å². The van der Waals surface area contributed by atoms with Crippen molar-refractivity contribution in [3.05, 3.63) is 35.6 Å². The summed E-state index contributed by atoms with van der Waals surface area (Å²) in [6.07, 6.45) is 2.55. The van der Waals surface area contributed by atoms with E-state index in [0.717, 1.165) is 12.7 Å². The number of nitrogens with zero attached hydrogens (tertiary/aromatic N) is 1. The zero-order valence-corrected chi connectivity index (χ0v) is 12.0. The lowest BCUT2D eigenvalue weighted by atomic mass is 10.1. The molecule has 1 amide bonds. The Balaban J connectivity index is 2.05. The second-order valence-corrected chi connectivity index (χ2v) is 6.77. The number of benzene rings is 1. The summed E-state index contributed by atoms with van der Waals surface area (Å²) in [4.78, 5) is 13.8. The molecular weight excluding hydrogens is 283 g/mol. The van der Waals surface area contributed by atoms with Crippen LogP contribution in [0.4, 0.5) is 4.39 Å². The molecule has 0 spiro atoms. The third-order valence-electron chi connectivity index (χ3n) is 3.18. The van der Waals surface area contributed by atoms with Crippen LogP contribution in [0, 0.1) is 5.82 Å². The van der Waals surface area contributed by atoms with E-state index in [1.54, 1.807) is 4.90 Å². The van der Waals surface area contributed by atoms with Gasteiger partial charge in [0.1, 0.15) is 5.82 Å². The molecule has 0 radical (unpaired) electrons. The fourth-order valence-electron chi connectivity index (χ4n) is 2.34. The van der Waals surface area contributed by atoms with Crippen molar-refractivity contribution < 1.29 is 17.6 Å². The summed E-state index contributed by atoms with van der Waals surface area (Å²) >= 11 is 0. The SMILES string of the molecule is CS(=O)(=O)NC1CCCN(C(=O)c2ccc(F)cc2)C1. The molecule has 1 aliphatic heterocycles. The van der Waals surface area contributed by atoms with Gasteiger partial charge in [0.25, 0.3) is 5.91 Å². The maximum absolute atomic E-state index is 12.8. The fraction of sp³-hybridized carbons (Fsp3) is 0.462. The highest BCUT2D eigenvalue weighted by atomic mass is 32.2. The van der Waals surface area contributed by atoms with Crippen LogP contribution in [-0.4, -0.2) is 44.6 Å². The van der Waals surface area contributed by atoms with Crippen molar-refractivity contribution in [1.82, 2.24) is 9.62 Å². The highest BCUT2D eigenvalue weighted by Gasteiger charge is 2.26. The van der Waals surface area contributed by atoms with Crippen LogP contribution in [0.15, 0.2) is 24.3 Å². The molecule has 1 saturated heterocycles. The molecule has 0 saturated carbocycles. The topological polar surface area (TPSA) is 66.5 Å². The molecule has 2 rings (SSSR count). The van der Waals surface area contributed by atoms with E-state index in [1.807, 2.05) is 0 Å². The van der Waals surface area contributed by atoms with Crippen LogP contribution in [0.25, 0.3) is 0 Å². The minimum atomic E-state index is -3.28. The second kappa shape index (κ2) is 5.88. The Hall–Kier alpha value is -1.47. The van der Waals surface area contributed by atoms with Crippen LogP contribution in [0.1, 0.15) is 23.2 Å². The molecule has 1 unspecified atom stereocenters. The van der Waals surface area contributed by atoms with E-state index in [4.69, 9.17) is 0 Å². The third kappa shape index (κ3) is 4.01. The van der Waals surface area contributed by atoms with Gasteiger partial charge in [0, 0.05) is 24.7 Å². The lowest BCUT2D eigenvalue weighted by Crippen LogP contribution is -2.49. The molecule has 0 bridgehead atoms. The van der Waals surface area contributed by atoms with E-state index >= 15 is 0 Å². The highest BCUT2D eigenvalue weighted by Crippen LogP contribution is 2.14. The van der Waals surface area contributed by atoms with E-state index < -0.39 is 15.8 Å². The van der Waals surface area contributed by atoms with Gasteiger partial charge >= 0.3 is 0 Å². The molecule has 1 heterocycles. The second-order valence-electron chi connectivity index (χ2n) is 4.99. The van der Waals surface area contributed by atoms with Gasteiger partial charge < -0.3 is 4.90 Å². The van der Waals surface area contributed by atoms with E-state index in [2.05, 4.69) is 4.72 Å². The number of amides is 1. The molecule has 1 aromatic rings. The average molecular weight is 300 g/mol. The van der Waals surface area contributed by atoms with Crippen molar-refractivity contribution >= 4 is 15.9 Å². The molecule has 0 aromatic heterocycles. The number of rotatable bonds is 3. The minimum Gasteiger partial charge on any atom is -0.337 e. The summed E-state index contributed by atoms with van der Waals surface area (Å²) < 4.78 is 37.8. The summed E-state index contributed by atoms with van der Waals surface area (Å²) in [6.45, 7) is 0.918. The van der Waals surface area contributed by atoms with E-state index in [1.165, 1.54) is 24.3 Å². The van der Waals surface area contributed by atoms with Crippen molar-refractivity contribution in [2.75, 3.05) is 19.3 Å². The molecule has 5 nitrogen and oxygen atoms in total. The van der Waals surface area contributed by atoms with Gasteiger partial charge in [0.2, 0.25) is 10.0 Å². The predicted molar refractivity (Wildman–Crippen MR) is 73.3 cm³/mol. The van der Waals surface area contributed by atoms with Gasteiger partial charge in [-0.25, -0.2) is 17.5 Å². The van der Waals surface area contributed by atoms with Crippen molar-refractivity contribution in [1.29, 1.82) is 0 Å². The van der Waals surface area contributed by atoms with Crippen LogP contribution in [0.2, 0.25) is 0 Å². The van der Waals surface area contributed by atoms with Crippen molar-refractivity contribution in [3.63, 3.8) is 0 Å². The maximum atomic E-state index is 12.8. The molecule has 1 N–H and O–H groups in total. The average Bonchev–Trinajstić information content (AvgIpc) is 2.37. The molecular formula is C13H17FN2O3S. The van der Waals surface area contributed by atoms with Crippen LogP contribution < -0.4 is 4.72 Å². The van der Waals surface area contributed by atoms with Crippen LogP contribution >= 0.6 is 0 Å². The molecule has 0 aliphatic carbocycles. The lowest BCUT2D eigenvalue weighted by Gasteiger charge is -2.32. The summed E-state index contributed by atoms with van der Waals surface area (Å²) in [5.74, 6) is -0.596. The van der Waals surface area contributed by atoms with E-state index in [0.29, 0.717) is 25.1 Å². The zero-order chi connectivity index (χ0) is 14.8. The predicted octanol–water partition coefficient (Wildman–Crippen LogP) is 0.979. The van der Waals surface area contributed by atoms with Crippen LogP contribution in [0.3, 0.4) is 0 Å². The Morgan fingerprint density at radius 3 is 2.60 bits per heavy atom. The third-order valence-corrected chi connectivity index (χ3v) is 3.94. The number of halogens is 1. The lowest BCUT2D eigenvalue weighted by molar-refractivity contribution is 0.0703. The minimum absolute atomic E-state index is 0.204. The highest BCUT2D eigenvalue weighted by molar-refractivity contribution is 7.88. The number of sulfonamides is 1. The number of piperidine rings is 1. The smallest absolute Gasteiger partial charge is 0.253 e. The van der Waals surface area contributed by atoms with Gasteiger partial charge in [-0.2, -0.15) is 0 Å². The number of carbonyl (C=O) groups is 1. The van der Waals surface area contributed by atoms with Crippen LogP contribution in [-0.2, 0) is 10.0 Å². The van der Waals surface area contributed by atoms with Crippen LogP contribution in [0.5, 0.6) is 0 Å². The molecule has 110 valence electrons. The molecule has 1 fully saturated rings. The quantitative estimate of drug-likeness (QED) is 0.905. The Kier molecular flexibility index (Phi) is 4.39. The summed E-state index contributed by atoms with van der Waals surface area (Å²) in [6, 6.07) is 5.09. The van der Waals surface area contributed by atoms with E-state index in [9.17, 15) is 17.6 Å². The first-order chi connectivity index (χ1) is 9.35. The van der Waals surface area contributed by atoms with Gasteiger partial charge in [-0.05, 0) is 37.1 Å². The maximum Gasteiger partial charge on any atom is 0.253 e. The molecule has 1 aliphatic rings. The summed E-state index contributed by atoms with van der Waals surface area (Å²) in [5.41, 5.74) is 0.409. The van der Waals surface area contributed by atoms with Gasteiger partial charge in [-0.15, -0.1) is 0 Å². The van der Waals surface area contributed by atoms with Crippen molar-refractivity contribution in [2.45, 2.75) is 18.9 Å². The standard InChI is InChI=1S/C13H17FN2O3S/c1-20(18,19)15-12-3-2-8-16(9-12)13(17)10-4-6-11(14)7-5-10/h4-7,12,15H,2-3,8-9H2,1H3. The largest absolute Gasteiger partial charge is 0.337 e. The Morgan fingerprint density at radius 2 is 2.00 bits per heavy atom. The molecule has 1 atom stereocenters. The van der Waals surface area contributed by atoms with E-state index in [-0.39, 0.29) is 11.9 Å². The summed E-state index contributed by atoms with van der Waals surface area (Å²) in [5, 5.41) is 0. The molecule has 7 heteroatoms. The normalized spacial score (nSPS) is 19.9. The Labute approximate surface area is 117 Å². The zero-order valence-electron chi connectivity index (χ0n) is 11.2. The summed E-state index contributed by atoms with van der Waals surface area (Å²) in [7, 11) is -3.28. The number of carbonyl (C=O) groups excluding carboxylic acids is 1. The van der Waals surface area contributed by atoms with Gasteiger partial charge in [0.05, 0.1) is 6.26 Å². The van der Waals surface area contributed by atoms with Gasteiger partial charge in [-0.1, -0.05) is 0 Å². The first-order valence-corrected chi connectivity index (χ1v) is 8.26.